The Hall–Kier alpha value is -3.86. The first-order valence-electron chi connectivity index (χ1n) is 8.79. The lowest BCUT2D eigenvalue weighted by Gasteiger charge is -2.14. The predicted octanol–water partition coefficient (Wildman–Crippen LogP) is 4.46. The second-order valence-corrected chi connectivity index (χ2v) is 6.22. The number of aromatic hydroxyl groups is 1. The summed E-state index contributed by atoms with van der Waals surface area (Å²) >= 11 is 0. The highest BCUT2D eigenvalue weighted by Crippen LogP contribution is 2.28. The lowest BCUT2D eigenvalue weighted by Crippen LogP contribution is -2.20. The predicted molar refractivity (Wildman–Crippen MR) is 111 cm³/mol. The number of hydrogen-bond donors (Lipinski definition) is 1. The van der Waals surface area contributed by atoms with Crippen LogP contribution in [0.25, 0.3) is 16.5 Å². The highest BCUT2D eigenvalue weighted by Gasteiger charge is 2.17. The van der Waals surface area contributed by atoms with Crippen LogP contribution in [0.1, 0.15) is 5.56 Å². The van der Waals surface area contributed by atoms with Gasteiger partial charge in [0.25, 0.3) is 5.56 Å². The number of fused-ring (bicyclic) bond motifs is 1. The SMILES string of the molecule is COc1ccc2c(C=Nc3ccccc3)c(O)n(-c3ccccc3)c(=O)c2c1. The van der Waals surface area contributed by atoms with Crippen LogP contribution < -0.4 is 10.3 Å². The van der Waals surface area contributed by atoms with E-state index in [0.717, 1.165) is 5.69 Å². The Labute approximate surface area is 161 Å². The Morgan fingerprint density at radius 3 is 2.29 bits per heavy atom. The van der Waals surface area contributed by atoms with Crippen LogP contribution in [-0.2, 0) is 0 Å². The zero-order chi connectivity index (χ0) is 19.5. The van der Waals surface area contributed by atoms with Crippen molar-refractivity contribution in [3.05, 3.63) is 94.8 Å². The molecule has 5 nitrogen and oxygen atoms in total. The van der Waals surface area contributed by atoms with E-state index in [2.05, 4.69) is 4.99 Å². The Morgan fingerprint density at radius 2 is 1.61 bits per heavy atom. The molecule has 28 heavy (non-hydrogen) atoms. The fourth-order valence-electron chi connectivity index (χ4n) is 3.12. The van der Waals surface area contributed by atoms with E-state index in [4.69, 9.17) is 4.74 Å². The maximum Gasteiger partial charge on any atom is 0.265 e. The van der Waals surface area contributed by atoms with Gasteiger partial charge in [0.05, 0.1) is 29.4 Å². The van der Waals surface area contributed by atoms with Gasteiger partial charge in [-0.2, -0.15) is 0 Å². The Balaban J connectivity index is 2.02. The molecule has 1 heterocycles. The van der Waals surface area contributed by atoms with Crippen molar-refractivity contribution in [2.45, 2.75) is 0 Å². The Kier molecular flexibility index (Phi) is 4.64. The van der Waals surface area contributed by atoms with E-state index in [9.17, 15) is 9.90 Å². The molecule has 1 aromatic heterocycles. The molecule has 0 atom stereocenters. The minimum absolute atomic E-state index is 0.159. The standard InChI is InChI=1S/C23H18N2O3/c1-28-18-12-13-19-20(14-18)22(26)25(17-10-6-3-7-11-17)23(27)21(19)15-24-16-8-4-2-5-9-16/h2-15,27H,1H3. The number of benzene rings is 3. The maximum atomic E-state index is 13.1. The number of para-hydroxylation sites is 2. The fourth-order valence-corrected chi connectivity index (χ4v) is 3.12. The molecule has 0 unspecified atom stereocenters. The van der Waals surface area contributed by atoms with E-state index in [0.29, 0.717) is 27.8 Å². The normalized spacial score (nSPS) is 11.2. The first-order valence-corrected chi connectivity index (χ1v) is 8.79. The minimum atomic E-state index is -0.325. The number of aliphatic imine (C=N–C) groups is 1. The van der Waals surface area contributed by atoms with E-state index in [1.807, 2.05) is 48.5 Å². The van der Waals surface area contributed by atoms with E-state index >= 15 is 0 Å². The first-order chi connectivity index (χ1) is 13.7. The van der Waals surface area contributed by atoms with Crippen molar-refractivity contribution < 1.29 is 9.84 Å². The van der Waals surface area contributed by atoms with Gasteiger partial charge in [0.1, 0.15) is 5.75 Å². The molecule has 0 bridgehead atoms. The number of rotatable bonds is 4. The molecule has 0 amide bonds. The molecule has 4 aromatic rings. The summed E-state index contributed by atoms with van der Waals surface area (Å²) in [5, 5.41) is 12.0. The number of methoxy groups -OCH3 is 1. The lowest BCUT2D eigenvalue weighted by atomic mass is 10.1. The van der Waals surface area contributed by atoms with Gasteiger partial charge < -0.3 is 9.84 Å². The van der Waals surface area contributed by atoms with Crippen LogP contribution in [0.3, 0.4) is 0 Å². The third kappa shape index (κ3) is 3.14. The molecule has 5 heteroatoms. The summed E-state index contributed by atoms with van der Waals surface area (Å²) in [4.78, 5) is 17.6. The fraction of sp³-hybridized carbons (Fsp3) is 0.0435. The number of hydrogen-bond acceptors (Lipinski definition) is 4. The summed E-state index contributed by atoms with van der Waals surface area (Å²) in [6.07, 6.45) is 1.58. The molecule has 0 aliphatic carbocycles. The Bertz CT molecular complexity index is 1210. The molecule has 138 valence electrons. The highest BCUT2D eigenvalue weighted by molar-refractivity contribution is 6.02. The molecule has 0 fully saturated rings. The molecule has 0 spiro atoms. The molecule has 0 saturated carbocycles. The number of nitrogens with zero attached hydrogens (tertiary/aromatic N) is 2. The van der Waals surface area contributed by atoms with Gasteiger partial charge in [0.15, 0.2) is 0 Å². The van der Waals surface area contributed by atoms with Crippen molar-refractivity contribution in [3.8, 4) is 17.3 Å². The van der Waals surface area contributed by atoms with Crippen molar-refractivity contribution in [1.29, 1.82) is 0 Å². The van der Waals surface area contributed by atoms with Crippen molar-refractivity contribution in [1.82, 2.24) is 4.57 Å². The average molecular weight is 370 g/mol. The summed E-state index contributed by atoms with van der Waals surface area (Å²) in [5.41, 5.74) is 1.46. The van der Waals surface area contributed by atoms with Gasteiger partial charge in [-0.25, -0.2) is 4.57 Å². The topological polar surface area (TPSA) is 63.8 Å². The van der Waals surface area contributed by atoms with Gasteiger partial charge in [-0.05, 0) is 42.5 Å². The Morgan fingerprint density at radius 1 is 0.929 bits per heavy atom. The summed E-state index contributed by atoms with van der Waals surface area (Å²) in [6, 6.07) is 23.6. The summed E-state index contributed by atoms with van der Waals surface area (Å²) in [6.45, 7) is 0. The molecule has 3 aromatic carbocycles. The largest absolute Gasteiger partial charge is 0.497 e. The van der Waals surface area contributed by atoms with E-state index in [1.165, 1.54) is 4.57 Å². The number of aromatic nitrogens is 1. The van der Waals surface area contributed by atoms with E-state index in [-0.39, 0.29) is 11.4 Å². The average Bonchev–Trinajstić information content (AvgIpc) is 2.75. The molecule has 0 saturated heterocycles. The van der Waals surface area contributed by atoms with Crippen LogP contribution in [0, 0.1) is 0 Å². The second-order valence-electron chi connectivity index (χ2n) is 6.22. The summed E-state index contributed by atoms with van der Waals surface area (Å²) in [5.74, 6) is 0.411. The number of pyridine rings is 1. The third-order valence-corrected chi connectivity index (χ3v) is 4.52. The molecular formula is C23H18N2O3. The summed E-state index contributed by atoms with van der Waals surface area (Å²) < 4.78 is 6.56. The van der Waals surface area contributed by atoms with Crippen LogP contribution >= 0.6 is 0 Å². The van der Waals surface area contributed by atoms with Crippen LogP contribution in [0.15, 0.2) is 88.6 Å². The quantitative estimate of drug-likeness (QED) is 0.540. The number of ether oxygens (including phenoxy) is 1. The van der Waals surface area contributed by atoms with Gasteiger partial charge in [0.2, 0.25) is 5.88 Å². The maximum absolute atomic E-state index is 13.1. The van der Waals surface area contributed by atoms with Gasteiger partial charge in [-0.1, -0.05) is 36.4 Å². The third-order valence-electron chi connectivity index (χ3n) is 4.52. The van der Waals surface area contributed by atoms with Crippen molar-refractivity contribution in [3.63, 3.8) is 0 Å². The van der Waals surface area contributed by atoms with E-state index in [1.54, 1.807) is 43.7 Å². The molecule has 1 N–H and O–H groups in total. The van der Waals surface area contributed by atoms with Crippen molar-refractivity contribution in [2.24, 2.45) is 4.99 Å². The van der Waals surface area contributed by atoms with Crippen LogP contribution in [0.4, 0.5) is 5.69 Å². The highest BCUT2D eigenvalue weighted by atomic mass is 16.5. The molecular weight excluding hydrogens is 352 g/mol. The van der Waals surface area contributed by atoms with Gasteiger partial charge in [0, 0.05) is 11.6 Å². The first kappa shape index (κ1) is 17.5. The van der Waals surface area contributed by atoms with Crippen molar-refractivity contribution in [2.75, 3.05) is 7.11 Å². The minimum Gasteiger partial charge on any atom is -0.497 e. The van der Waals surface area contributed by atoms with Crippen LogP contribution in [0.5, 0.6) is 11.6 Å². The molecule has 0 aliphatic rings. The second kappa shape index (κ2) is 7.40. The lowest BCUT2D eigenvalue weighted by molar-refractivity contribution is 0.415. The van der Waals surface area contributed by atoms with Crippen LogP contribution in [0.2, 0.25) is 0 Å². The monoisotopic (exact) mass is 370 g/mol. The van der Waals surface area contributed by atoms with Gasteiger partial charge in [-0.15, -0.1) is 0 Å². The molecule has 4 rings (SSSR count). The van der Waals surface area contributed by atoms with Crippen molar-refractivity contribution >= 4 is 22.7 Å². The molecule has 0 aliphatic heterocycles. The van der Waals surface area contributed by atoms with Gasteiger partial charge in [-0.3, -0.25) is 9.79 Å². The van der Waals surface area contributed by atoms with Gasteiger partial charge >= 0.3 is 0 Å². The van der Waals surface area contributed by atoms with Crippen LogP contribution in [-0.4, -0.2) is 23.0 Å². The zero-order valence-electron chi connectivity index (χ0n) is 15.2. The smallest absolute Gasteiger partial charge is 0.265 e. The summed E-state index contributed by atoms with van der Waals surface area (Å²) in [7, 11) is 1.55. The van der Waals surface area contributed by atoms with E-state index < -0.39 is 0 Å². The zero-order valence-corrected chi connectivity index (χ0v) is 15.2. The molecule has 0 radical (unpaired) electrons.